The maximum absolute atomic E-state index is 11.4. The third kappa shape index (κ3) is 1.97. The summed E-state index contributed by atoms with van der Waals surface area (Å²) in [7, 11) is 0. The number of amides is 1. The van der Waals surface area contributed by atoms with Crippen molar-refractivity contribution < 1.29 is 4.79 Å². The van der Waals surface area contributed by atoms with Crippen LogP contribution in [0.4, 0.5) is 5.69 Å². The van der Waals surface area contributed by atoms with Crippen LogP contribution in [0.2, 0.25) is 10.0 Å². The molecule has 0 N–H and O–H groups in total. The molecule has 1 aromatic rings. The summed E-state index contributed by atoms with van der Waals surface area (Å²) in [5.74, 6) is 0.0279. The van der Waals surface area contributed by atoms with Gasteiger partial charge in [0.1, 0.15) is 0 Å². The Morgan fingerprint density at radius 1 is 1.40 bits per heavy atom. The lowest BCUT2D eigenvalue weighted by Gasteiger charge is -2.29. The van der Waals surface area contributed by atoms with Gasteiger partial charge in [-0.05, 0) is 30.5 Å². The summed E-state index contributed by atoms with van der Waals surface area (Å²) in [5, 5.41) is 1.19. The molecule has 2 rings (SSSR count). The molecule has 1 amide bonds. The second-order valence-corrected chi connectivity index (χ2v) is 4.51. The summed E-state index contributed by atoms with van der Waals surface area (Å²) in [4.78, 5) is 13.2. The third-order valence-electron chi connectivity index (χ3n) is 2.58. The fourth-order valence-corrected chi connectivity index (χ4v) is 2.60. The highest BCUT2D eigenvalue weighted by molar-refractivity contribution is 6.37. The molecular formula is C11H11Cl2NO. The van der Waals surface area contributed by atoms with Crippen LogP contribution in [-0.4, -0.2) is 12.5 Å². The van der Waals surface area contributed by atoms with Gasteiger partial charge in [-0.15, -0.1) is 0 Å². The number of aryl methyl sites for hydroxylation is 1. The average molecular weight is 244 g/mol. The molecule has 0 aromatic heterocycles. The smallest absolute Gasteiger partial charge is 0.223 e. The molecule has 0 saturated heterocycles. The summed E-state index contributed by atoms with van der Waals surface area (Å²) in [5.41, 5.74) is 1.90. The van der Waals surface area contributed by atoms with Crippen molar-refractivity contribution in [1.29, 1.82) is 0 Å². The van der Waals surface area contributed by atoms with Gasteiger partial charge in [0.25, 0.3) is 0 Å². The standard InChI is InChI=1S/C11H11Cl2NO/c1-7(15)14-4-2-3-8-5-9(12)6-10(13)11(8)14/h5-6H,2-4H2,1H3. The predicted octanol–water partition coefficient (Wildman–Crippen LogP) is 3.29. The zero-order valence-electron chi connectivity index (χ0n) is 8.39. The number of carbonyl (C=O) groups is 1. The van der Waals surface area contributed by atoms with Gasteiger partial charge in [-0.2, -0.15) is 0 Å². The molecule has 0 fully saturated rings. The van der Waals surface area contributed by atoms with E-state index in [1.54, 1.807) is 17.9 Å². The molecule has 0 aliphatic carbocycles. The number of fused-ring (bicyclic) bond motifs is 1. The molecule has 0 unspecified atom stereocenters. The zero-order valence-corrected chi connectivity index (χ0v) is 9.90. The van der Waals surface area contributed by atoms with Crippen LogP contribution >= 0.6 is 23.2 Å². The molecule has 2 nitrogen and oxygen atoms in total. The largest absolute Gasteiger partial charge is 0.311 e. The van der Waals surface area contributed by atoms with E-state index in [2.05, 4.69) is 0 Å². The van der Waals surface area contributed by atoms with E-state index in [1.807, 2.05) is 6.07 Å². The average Bonchev–Trinajstić information content (AvgIpc) is 2.16. The molecule has 1 aromatic carbocycles. The van der Waals surface area contributed by atoms with Crippen LogP contribution in [0, 0.1) is 0 Å². The molecule has 0 atom stereocenters. The predicted molar refractivity (Wildman–Crippen MR) is 62.8 cm³/mol. The molecule has 15 heavy (non-hydrogen) atoms. The Hall–Kier alpha value is -0.730. The van der Waals surface area contributed by atoms with Gasteiger partial charge in [0.15, 0.2) is 0 Å². The van der Waals surface area contributed by atoms with E-state index in [0.29, 0.717) is 10.0 Å². The van der Waals surface area contributed by atoms with Crippen molar-refractivity contribution in [2.75, 3.05) is 11.4 Å². The number of hydrogen-bond donors (Lipinski definition) is 0. The van der Waals surface area contributed by atoms with Gasteiger partial charge in [-0.25, -0.2) is 0 Å². The minimum Gasteiger partial charge on any atom is -0.311 e. The number of benzene rings is 1. The van der Waals surface area contributed by atoms with Gasteiger partial charge in [0.2, 0.25) is 5.91 Å². The number of carbonyl (C=O) groups excluding carboxylic acids is 1. The molecule has 1 heterocycles. The molecule has 1 aliphatic rings. The molecule has 0 saturated carbocycles. The number of rotatable bonds is 0. The summed E-state index contributed by atoms with van der Waals surface area (Å²) < 4.78 is 0. The quantitative estimate of drug-likeness (QED) is 0.685. The van der Waals surface area contributed by atoms with Gasteiger partial charge in [0.05, 0.1) is 10.7 Å². The second-order valence-electron chi connectivity index (χ2n) is 3.67. The van der Waals surface area contributed by atoms with Crippen LogP contribution in [0.15, 0.2) is 12.1 Å². The van der Waals surface area contributed by atoms with E-state index in [9.17, 15) is 4.79 Å². The molecular weight excluding hydrogens is 233 g/mol. The van der Waals surface area contributed by atoms with E-state index < -0.39 is 0 Å². The lowest BCUT2D eigenvalue weighted by Crippen LogP contribution is -2.33. The highest BCUT2D eigenvalue weighted by atomic mass is 35.5. The summed E-state index contributed by atoms with van der Waals surface area (Å²) >= 11 is 12.0. The Kier molecular flexibility index (Phi) is 2.89. The van der Waals surface area contributed by atoms with Crippen LogP contribution in [0.25, 0.3) is 0 Å². The molecule has 1 aliphatic heterocycles. The normalized spacial score (nSPS) is 15.0. The van der Waals surface area contributed by atoms with Gasteiger partial charge in [-0.1, -0.05) is 23.2 Å². The minimum atomic E-state index is 0.0279. The maximum Gasteiger partial charge on any atom is 0.223 e. The van der Waals surface area contributed by atoms with Gasteiger partial charge in [0, 0.05) is 18.5 Å². The monoisotopic (exact) mass is 243 g/mol. The fourth-order valence-electron chi connectivity index (χ4n) is 1.97. The SMILES string of the molecule is CC(=O)N1CCCc2cc(Cl)cc(Cl)c21. The van der Waals surface area contributed by atoms with Crippen LogP contribution in [0.3, 0.4) is 0 Å². The van der Waals surface area contributed by atoms with Crippen molar-refractivity contribution in [1.82, 2.24) is 0 Å². The van der Waals surface area contributed by atoms with E-state index in [-0.39, 0.29) is 5.91 Å². The van der Waals surface area contributed by atoms with E-state index >= 15 is 0 Å². The first-order valence-electron chi connectivity index (χ1n) is 4.85. The van der Waals surface area contributed by atoms with Crippen molar-refractivity contribution in [3.63, 3.8) is 0 Å². The summed E-state index contributed by atoms with van der Waals surface area (Å²) in [6, 6.07) is 3.57. The fraction of sp³-hybridized carbons (Fsp3) is 0.364. The van der Waals surface area contributed by atoms with Crippen molar-refractivity contribution in [3.05, 3.63) is 27.7 Å². The summed E-state index contributed by atoms with van der Waals surface area (Å²) in [6.45, 7) is 2.30. The Bertz CT molecular complexity index is 417. The topological polar surface area (TPSA) is 20.3 Å². The first-order valence-corrected chi connectivity index (χ1v) is 5.61. The van der Waals surface area contributed by atoms with Gasteiger partial charge in [-0.3, -0.25) is 4.79 Å². The molecule has 4 heteroatoms. The molecule has 0 radical (unpaired) electrons. The third-order valence-corrected chi connectivity index (χ3v) is 3.09. The van der Waals surface area contributed by atoms with Crippen molar-refractivity contribution >= 4 is 34.8 Å². The van der Waals surface area contributed by atoms with Crippen molar-refractivity contribution in [2.24, 2.45) is 0 Å². The van der Waals surface area contributed by atoms with Crippen molar-refractivity contribution in [2.45, 2.75) is 19.8 Å². The number of anilines is 1. The Labute approximate surface area is 98.8 Å². The van der Waals surface area contributed by atoms with E-state index in [1.165, 1.54) is 0 Å². The van der Waals surface area contributed by atoms with Crippen LogP contribution in [-0.2, 0) is 11.2 Å². The summed E-state index contributed by atoms with van der Waals surface area (Å²) in [6.07, 6.45) is 1.89. The highest BCUT2D eigenvalue weighted by Gasteiger charge is 2.22. The van der Waals surface area contributed by atoms with Gasteiger partial charge >= 0.3 is 0 Å². The first kappa shape index (κ1) is 10.8. The molecule has 80 valence electrons. The molecule has 0 bridgehead atoms. The Morgan fingerprint density at radius 2 is 2.13 bits per heavy atom. The van der Waals surface area contributed by atoms with Crippen LogP contribution in [0.5, 0.6) is 0 Å². The minimum absolute atomic E-state index is 0.0279. The number of halogens is 2. The molecule has 0 spiro atoms. The Morgan fingerprint density at radius 3 is 2.80 bits per heavy atom. The van der Waals surface area contributed by atoms with Crippen LogP contribution < -0.4 is 4.90 Å². The van der Waals surface area contributed by atoms with E-state index in [0.717, 1.165) is 30.6 Å². The Balaban J connectivity index is 2.55. The van der Waals surface area contributed by atoms with E-state index in [4.69, 9.17) is 23.2 Å². The lowest BCUT2D eigenvalue weighted by molar-refractivity contribution is -0.116. The van der Waals surface area contributed by atoms with Crippen LogP contribution in [0.1, 0.15) is 18.9 Å². The highest BCUT2D eigenvalue weighted by Crippen LogP contribution is 2.36. The zero-order chi connectivity index (χ0) is 11.0. The van der Waals surface area contributed by atoms with Crippen molar-refractivity contribution in [3.8, 4) is 0 Å². The first-order chi connectivity index (χ1) is 7.09. The number of nitrogens with zero attached hydrogens (tertiary/aromatic N) is 1. The lowest BCUT2D eigenvalue weighted by atomic mass is 10.0. The number of hydrogen-bond acceptors (Lipinski definition) is 1. The second kappa shape index (κ2) is 4.03. The van der Waals surface area contributed by atoms with Gasteiger partial charge < -0.3 is 4.90 Å². The maximum atomic E-state index is 11.4.